The van der Waals surface area contributed by atoms with Gasteiger partial charge in [0.1, 0.15) is 12.1 Å². The zero-order valence-corrected chi connectivity index (χ0v) is 41.5. The van der Waals surface area contributed by atoms with E-state index in [4.69, 9.17) is 30.6 Å². The minimum Gasteiger partial charge on any atom is -0.481 e. The van der Waals surface area contributed by atoms with Crippen LogP contribution < -0.4 is 0 Å². The number of hydrogen-bond donors (Lipinski definition) is 12. The Morgan fingerprint density at radius 2 is 0.590 bits per heavy atom. The van der Waals surface area contributed by atoms with Gasteiger partial charge < -0.3 is 61.3 Å². The number of carboxylic acid groups (broad SMARTS) is 6. The van der Waals surface area contributed by atoms with Crippen molar-refractivity contribution in [2.45, 2.75) is 98.6 Å². The van der Waals surface area contributed by atoms with E-state index in [0.717, 1.165) is 0 Å². The van der Waals surface area contributed by atoms with Gasteiger partial charge in [0, 0.05) is 39.3 Å². The van der Waals surface area contributed by atoms with Gasteiger partial charge in [0.05, 0.1) is 75.0 Å². The first-order valence-corrected chi connectivity index (χ1v) is 18.4. The Morgan fingerprint density at radius 1 is 0.393 bits per heavy atom. The number of hydrogen-bond acceptors (Lipinski definition) is 18. The van der Waals surface area contributed by atoms with Gasteiger partial charge in [0.15, 0.2) is 11.4 Å². The van der Waals surface area contributed by atoms with E-state index in [-0.39, 0.29) is 198 Å². The second kappa shape index (κ2) is 29.8. The van der Waals surface area contributed by atoms with E-state index >= 15 is 0 Å². The minimum absolute atomic E-state index is 0. The molecule has 24 nitrogen and oxygen atoms in total. The number of aliphatic hydroxyl groups is 6. The van der Waals surface area contributed by atoms with Crippen LogP contribution in [0.5, 0.6) is 0 Å². The largest absolute Gasteiger partial charge is 2.00 e. The maximum absolute atomic E-state index is 11.1. The molecule has 2 saturated carbocycles. The third-order valence-corrected chi connectivity index (χ3v) is 10.9. The first-order valence-electron chi connectivity index (χ1n) is 18.4. The first-order chi connectivity index (χ1) is 26.7. The summed E-state index contributed by atoms with van der Waals surface area (Å²) in [6.45, 7) is -0.261. The summed E-state index contributed by atoms with van der Waals surface area (Å²) in [6, 6.07) is -4.10. The molecule has 2 fully saturated rings. The Morgan fingerprint density at radius 3 is 0.803 bits per heavy atom. The maximum Gasteiger partial charge on any atom is 2.00 e. The van der Waals surface area contributed by atoms with Crippen LogP contribution in [-0.2, 0) is 28.8 Å². The molecule has 12 N–H and O–H groups in total. The van der Waals surface area contributed by atoms with Crippen LogP contribution in [0.4, 0.5) is 0 Å². The summed E-state index contributed by atoms with van der Waals surface area (Å²) in [7, 11) is 8.83. The van der Waals surface area contributed by atoms with Crippen LogP contribution in [0.3, 0.4) is 0 Å². The molecule has 0 amide bonds. The van der Waals surface area contributed by atoms with Crippen molar-refractivity contribution in [3.05, 3.63) is 0 Å². The Bertz CT molecular complexity index is 1300. The summed E-state index contributed by atoms with van der Waals surface area (Å²) in [5.74, 6) is -6.48. The second-order valence-electron chi connectivity index (χ2n) is 14.9. The average Bonchev–Trinajstić information content (AvgIpc) is 3.12. The molecule has 2 aliphatic rings. The van der Waals surface area contributed by atoms with Crippen molar-refractivity contribution in [1.29, 1.82) is 0 Å². The van der Waals surface area contributed by atoms with Crippen LogP contribution in [0.1, 0.15) is 38.5 Å². The number of nitrogens with zero attached hydrogens (tertiary/aromatic N) is 6. The van der Waals surface area contributed by atoms with Gasteiger partial charge in [0.25, 0.3) is 0 Å². The number of carbonyl (C=O) groups is 6. The molecule has 2 aliphatic carbocycles. The number of likely N-dealkylation sites (N-methyl/N-ethyl adjacent to an activating group) is 6. The van der Waals surface area contributed by atoms with E-state index < -0.39 is 95.8 Å². The SMILES string of the molecule is CN(CCC(=O)O)C1C(O)(N(C)CCC(=O)O)C(O)C1(O)N(C)CCC(=O)O.CN(CCC(=O)O)C1C(O)C(N(C)CCC(=O)O)C(O)C(N(C)CCC(=O)O)C1O.[Gd+2].[Gd+2].[Gd+2]. The van der Waals surface area contributed by atoms with Crippen LogP contribution in [-0.4, -0.2) is 268 Å². The van der Waals surface area contributed by atoms with Crippen LogP contribution in [0.15, 0.2) is 0 Å². The topological polar surface area (TPSA) is 365 Å². The van der Waals surface area contributed by atoms with Crippen molar-refractivity contribution in [3.63, 3.8) is 0 Å². The fourth-order valence-corrected chi connectivity index (χ4v) is 7.64. The predicted molar refractivity (Wildman–Crippen MR) is 198 cm³/mol. The normalized spacial score (nSPS) is 28.2. The minimum atomic E-state index is -2.07. The van der Waals surface area contributed by atoms with Gasteiger partial charge in [-0.15, -0.1) is 0 Å². The number of aliphatic hydroxyl groups excluding tert-OH is 4. The molecule has 354 valence electrons. The fraction of sp³-hybridized carbons (Fsp3) is 0.824. The molecule has 0 heterocycles. The number of rotatable bonds is 24. The molecule has 0 aliphatic heterocycles. The molecule has 0 aromatic carbocycles. The first kappa shape index (κ1) is 65.6. The summed E-state index contributed by atoms with van der Waals surface area (Å²) < 4.78 is 0. The van der Waals surface area contributed by atoms with Gasteiger partial charge in [-0.3, -0.25) is 58.2 Å². The molecule has 0 aromatic rings. The van der Waals surface area contributed by atoms with Crippen LogP contribution >= 0.6 is 0 Å². The summed E-state index contributed by atoms with van der Waals surface area (Å²) in [5, 5.41) is 119. The molecule has 2 unspecified atom stereocenters. The van der Waals surface area contributed by atoms with Gasteiger partial charge in [-0.1, -0.05) is 0 Å². The van der Waals surface area contributed by atoms with Gasteiger partial charge >= 0.3 is 156 Å². The van der Waals surface area contributed by atoms with Crippen LogP contribution in [0, 0.1) is 120 Å². The fourth-order valence-electron chi connectivity index (χ4n) is 7.64. The van der Waals surface area contributed by atoms with E-state index in [1.165, 1.54) is 50.5 Å². The smallest absolute Gasteiger partial charge is 0.481 e. The van der Waals surface area contributed by atoms with Gasteiger partial charge in [0.2, 0.25) is 0 Å². The summed E-state index contributed by atoms with van der Waals surface area (Å²) in [5.41, 5.74) is -4.15. The molecule has 0 spiro atoms. The van der Waals surface area contributed by atoms with Crippen LogP contribution in [0.25, 0.3) is 0 Å². The summed E-state index contributed by atoms with van der Waals surface area (Å²) >= 11 is 0. The van der Waals surface area contributed by atoms with Gasteiger partial charge in [-0.05, 0) is 42.3 Å². The van der Waals surface area contributed by atoms with E-state index in [0.29, 0.717) is 0 Å². The summed E-state index contributed by atoms with van der Waals surface area (Å²) in [4.78, 5) is 73.5. The van der Waals surface area contributed by atoms with Crippen molar-refractivity contribution in [2.24, 2.45) is 0 Å². The predicted octanol–water partition coefficient (Wildman–Crippen LogP) is -5.27. The maximum atomic E-state index is 11.1. The third-order valence-electron chi connectivity index (χ3n) is 10.9. The Hall–Kier alpha value is 0.314. The molecular weight excluding hydrogens is 1250 g/mol. The Balaban J connectivity index is -0.00000105. The summed E-state index contributed by atoms with van der Waals surface area (Å²) in [6.07, 6.45) is -7.35. The van der Waals surface area contributed by atoms with Gasteiger partial charge in [-0.2, -0.15) is 0 Å². The Labute approximate surface area is 449 Å². The van der Waals surface area contributed by atoms with Crippen LogP contribution in [0.2, 0.25) is 0 Å². The van der Waals surface area contributed by atoms with Crippen molar-refractivity contribution >= 4 is 35.8 Å². The molecule has 27 heteroatoms. The number of aliphatic carboxylic acids is 6. The van der Waals surface area contributed by atoms with Crippen molar-refractivity contribution in [3.8, 4) is 0 Å². The van der Waals surface area contributed by atoms with Gasteiger partial charge in [-0.25, -0.2) is 0 Å². The molecule has 0 saturated heterocycles. The second-order valence-corrected chi connectivity index (χ2v) is 14.9. The molecular formula is C34H62Gd3N6O18+6. The van der Waals surface area contributed by atoms with E-state index in [1.54, 1.807) is 21.1 Å². The monoisotopic (exact) mass is 1320 g/mol. The molecule has 2 atom stereocenters. The zero-order chi connectivity index (χ0) is 45.0. The third kappa shape index (κ3) is 18.1. The van der Waals surface area contributed by atoms with E-state index in [1.807, 2.05) is 0 Å². The molecule has 0 radical (unpaired) electrons. The van der Waals surface area contributed by atoms with E-state index in [2.05, 4.69) is 0 Å². The standard InChI is InChI=1S/C18H33N3O9.C16H29N3O9.3Gd/c1-19(7-4-10(22)23)13-16(28)14(20(2)8-5-11(24)25)18(30)15(17(13)29)21(3)9-6-12(26)27;1-17(7-4-10(20)21)13-15(27,18(2)8-5-11(22)23)14(26)16(13,28)19(3)9-6-12(24)25;;;/h13-18,28-30H,4-9H2,1-3H3,(H,22,23)(H,24,25)(H,26,27);13-14,26-28H,4-9H2,1-3H3,(H,20,21)(H,22,23)(H,24,25);;;/q;;3*+2. The van der Waals surface area contributed by atoms with Crippen molar-refractivity contribution in [1.82, 2.24) is 29.4 Å². The molecule has 61 heavy (non-hydrogen) atoms. The van der Waals surface area contributed by atoms with Crippen molar-refractivity contribution < 1.29 is 210 Å². The van der Waals surface area contributed by atoms with Crippen molar-refractivity contribution in [2.75, 3.05) is 81.6 Å². The quantitative estimate of drug-likeness (QED) is 0.0402. The zero-order valence-electron chi connectivity index (χ0n) is 34.7. The van der Waals surface area contributed by atoms with E-state index in [9.17, 15) is 59.4 Å². The Kier molecular flexibility index (Phi) is 32.1. The molecule has 0 aromatic heterocycles. The molecule has 2 rings (SSSR count). The number of carboxylic acids is 6. The molecule has 0 bridgehead atoms. The average molecular weight is 1310 g/mol.